The van der Waals surface area contributed by atoms with Gasteiger partial charge in [-0.05, 0) is 38.0 Å². The SMILES string of the molecule is CCN(C(=O)CNC(=O)CN)C(C)Cc1ccc(OC)cc1.Cl. The Kier molecular flexibility index (Phi) is 10.0. The number of nitrogens with zero attached hydrogens (tertiary/aromatic N) is 1. The van der Waals surface area contributed by atoms with Gasteiger partial charge in [-0.25, -0.2) is 0 Å². The minimum absolute atomic E-state index is 0. The topological polar surface area (TPSA) is 84.7 Å². The van der Waals surface area contributed by atoms with Gasteiger partial charge in [0, 0.05) is 12.6 Å². The molecule has 0 aliphatic rings. The van der Waals surface area contributed by atoms with Gasteiger partial charge in [-0.3, -0.25) is 9.59 Å². The van der Waals surface area contributed by atoms with E-state index in [1.54, 1.807) is 12.0 Å². The molecule has 3 N–H and O–H groups in total. The maximum Gasteiger partial charge on any atom is 0.242 e. The van der Waals surface area contributed by atoms with Crippen LogP contribution in [0, 0.1) is 0 Å². The average molecular weight is 344 g/mol. The molecule has 0 heterocycles. The van der Waals surface area contributed by atoms with Gasteiger partial charge >= 0.3 is 0 Å². The number of hydrogen-bond donors (Lipinski definition) is 2. The number of carbonyl (C=O) groups excluding carboxylic acids is 2. The molecule has 23 heavy (non-hydrogen) atoms. The summed E-state index contributed by atoms with van der Waals surface area (Å²) in [4.78, 5) is 25.1. The van der Waals surface area contributed by atoms with Gasteiger partial charge in [0.05, 0.1) is 20.2 Å². The number of likely N-dealkylation sites (N-methyl/N-ethyl adjacent to an activating group) is 1. The standard InChI is InChI=1S/C16H25N3O3.ClH/c1-4-19(16(21)11-18-15(20)10-17)12(2)9-13-5-7-14(22-3)8-6-13;/h5-8,12H,4,9-11,17H2,1-3H3,(H,18,20);1H. The largest absolute Gasteiger partial charge is 0.497 e. The highest BCUT2D eigenvalue weighted by Gasteiger charge is 2.19. The van der Waals surface area contributed by atoms with Crippen molar-refractivity contribution in [3.05, 3.63) is 29.8 Å². The second-order valence-corrected chi connectivity index (χ2v) is 5.06. The van der Waals surface area contributed by atoms with Crippen molar-refractivity contribution in [2.24, 2.45) is 5.73 Å². The fourth-order valence-corrected chi connectivity index (χ4v) is 2.29. The molecule has 2 amide bonds. The summed E-state index contributed by atoms with van der Waals surface area (Å²) in [5, 5.41) is 2.51. The van der Waals surface area contributed by atoms with Gasteiger partial charge < -0.3 is 20.7 Å². The molecular weight excluding hydrogens is 318 g/mol. The molecule has 0 spiro atoms. The Hall–Kier alpha value is -1.79. The van der Waals surface area contributed by atoms with E-state index in [0.29, 0.717) is 6.54 Å². The van der Waals surface area contributed by atoms with E-state index < -0.39 is 0 Å². The van der Waals surface area contributed by atoms with Gasteiger partial charge in [0.1, 0.15) is 5.75 Å². The summed E-state index contributed by atoms with van der Waals surface area (Å²) in [5.74, 6) is 0.377. The second-order valence-electron chi connectivity index (χ2n) is 5.06. The Labute approximate surface area is 143 Å². The molecule has 0 saturated heterocycles. The number of ether oxygens (including phenoxy) is 1. The van der Waals surface area contributed by atoms with Crippen LogP contribution >= 0.6 is 12.4 Å². The maximum absolute atomic E-state index is 12.2. The fourth-order valence-electron chi connectivity index (χ4n) is 2.29. The highest BCUT2D eigenvalue weighted by atomic mass is 35.5. The van der Waals surface area contributed by atoms with Crippen molar-refractivity contribution in [2.45, 2.75) is 26.3 Å². The Morgan fingerprint density at radius 2 is 1.91 bits per heavy atom. The van der Waals surface area contributed by atoms with Crippen molar-refractivity contribution in [2.75, 3.05) is 26.7 Å². The van der Waals surface area contributed by atoms with E-state index in [9.17, 15) is 9.59 Å². The third kappa shape index (κ3) is 6.88. The maximum atomic E-state index is 12.2. The Bertz CT molecular complexity index is 494. The number of benzene rings is 1. The van der Waals surface area contributed by atoms with Crippen LogP contribution in [0.3, 0.4) is 0 Å². The molecule has 1 rings (SSSR count). The number of rotatable bonds is 8. The summed E-state index contributed by atoms with van der Waals surface area (Å²) < 4.78 is 5.13. The number of amides is 2. The van der Waals surface area contributed by atoms with Gasteiger partial charge in [-0.1, -0.05) is 12.1 Å². The van der Waals surface area contributed by atoms with Crippen LogP contribution in [0.2, 0.25) is 0 Å². The lowest BCUT2D eigenvalue weighted by molar-refractivity contribution is -0.134. The van der Waals surface area contributed by atoms with Crippen molar-refractivity contribution < 1.29 is 14.3 Å². The van der Waals surface area contributed by atoms with Gasteiger partial charge in [0.15, 0.2) is 0 Å². The van der Waals surface area contributed by atoms with E-state index >= 15 is 0 Å². The van der Waals surface area contributed by atoms with Gasteiger partial charge in [-0.2, -0.15) is 0 Å². The predicted octanol–water partition coefficient (Wildman–Crippen LogP) is 0.971. The lowest BCUT2D eigenvalue weighted by Crippen LogP contribution is -2.46. The molecule has 0 aliphatic carbocycles. The van der Waals surface area contributed by atoms with Gasteiger partial charge in [0.25, 0.3) is 0 Å². The Morgan fingerprint density at radius 3 is 2.39 bits per heavy atom. The summed E-state index contributed by atoms with van der Waals surface area (Å²) in [6.45, 7) is 4.38. The zero-order valence-corrected chi connectivity index (χ0v) is 14.7. The molecule has 1 atom stereocenters. The molecule has 7 heteroatoms. The van der Waals surface area contributed by atoms with Crippen molar-refractivity contribution >= 4 is 24.2 Å². The van der Waals surface area contributed by atoms with E-state index in [1.165, 1.54) is 0 Å². The summed E-state index contributed by atoms with van der Waals surface area (Å²) in [5.41, 5.74) is 6.34. The summed E-state index contributed by atoms with van der Waals surface area (Å²) in [6.07, 6.45) is 0.744. The molecular formula is C16H26ClN3O3. The zero-order chi connectivity index (χ0) is 16.5. The van der Waals surface area contributed by atoms with Gasteiger partial charge in [0.2, 0.25) is 11.8 Å². The molecule has 6 nitrogen and oxygen atoms in total. The van der Waals surface area contributed by atoms with Crippen LogP contribution in [0.1, 0.15) is 19.4 Å². The van der Waals surface area contributed by atoms with Gasteiger partial charge in [-0.15, -0.1) is 12.4 Å². The molecule has 130 valence electrons. The first-order valence-corrected chi connectivity index (χ1v) is 7.41. The Balaban J connectivity index is 0.00000484. The van der Waals surface area contributed by atoms with Crippen molar-refractivity contribution in [3.8, 4) is 5.75 Å². The quantitative estimate of drug-likeness (QED) is 0.736. The second kappa shape index (κ2) is 10.9. The van der Waals surface area contributed by atoms with Crippen LogP contribution in [0.4, 0.5) is 0 Å². The third-order valence-electron chi connectivity index (χ3n) is 3.51. The normalized spacial score (nSPS) is 11.1. The van der Waals surface area contributed by atoms with Crippen molar-refractivity contribution in [3.63, 3.8) is 0 Å². The van der Waals surface area contributed by atoms with E-state index in [1.807, 2.05) is 38.1 Å². The number of halogens is 1. The summed E-state index contributed by atoms with van der Waals surface area (Å²) in [7, 11) is 1.63. The minimum atomic E-state index is -0.327. The van der Waals surface area contributed by atoms with Crippen LogP contribution < -0.4 is 15.8 Å². The van der Waals surface area contributed by atoms with E-state index in [0.717, 1.165) is 17.7 Å². The lowest BCUT2D eigenvalue weighted by Gasteiger charge is -2.28. The summed E-state index contributed by atoms with van der Waals surface area (Å²) in [6, 6.07) is 7.83. The Morgan fingerprint density at radius 1 is 1.30 bits per heavy atom. The lowest BCUT2D eigenvalue weighted by atomic mass is 10.1. The number of methoxy groups -OCH3 is 1. The highest BCUT2D eigenvalue weighted by Crippen LogP contribution is 2.14. The zero-order valence-electron chi connectivity index (χ0n) is 13.9. The van der Waals surface area contributed by atoms with Crippen LogP contribution in [-0.2, 0) is 16.0 Å². The third-order valence-corrected chi connectivity index (χ3v) is 3.51. The molecule has 0 aromatic heterocycles. The van der Waals surface area contributed by atoms with Crippen LogP contribution in [0.5, 0.6) is 5.75 Å². The number of hydrogen-bond acceptors (Lipinski definition) is 4. The molecule has 0 bridgehead atoms. The molecule has 1 aromatic carbocycles. The molecule has 0 fully saturated rings. The number of nitrogens with one attached hydrogen (secondary N) is 1. The van der Waals surface area contributed by atoms with E-state index in [2.05, 4.69) is 5.32 Å². The molecule has 1 aromatic rings. The molecule has 0 saturated carbocycles. The average Bonchev–Trinajstić information content (AvgIpc) is 2.53. The van der Waals surface area contributed by atoms with E-state index in [-0.39, 0.29) is 43.4 Å². The van der Waals surface area contributed by atoms with Crippen molar-refractivity contribution in [1.29, 1.82) is 0 Å². The van der Waals surface area contributed by atoms with Crippen LogP contribution in [0.25, 0.3) is 0 Å². The monoisotopic (exact) mass is 343 g/mol. The van der Waals surface area contributed by atoms with Crippen molar-refractivity contribution in [1.82, 2.24) is 10.2 Å². The van der Waals surface area contributed by atoms with Crippen LogP contribution in [-0.4, -0.2) is 49.5 Å². The minimum Gasteiger partial charge on any atom is -0.497 e. The molecule has 1 unspecified atom stereocenters. The number of carbonyl (C=O) groups is 2. The first kappa shape index (κ1) is 21.2. The number of nitrogens with two attached hydrogens (primary N) is 1. The smallest absolute Gasteiger partial charge is 0.242 e. The highest BCUT2D eigenvalue weighted by molar-refractivity contribution is 5.86. The summed E-state index contributed by atoms with van der Waals surface area (Å²) >= 11 is 0. The molecule has 0 radical (unpaired) electrons. The van der Waals surface area contributed by atoms with Crippen LogP contribution in [0.15, 0.2) is 24.3 Å². The first-order chi connectivity index (χ1) is 10.5. The fraction of sp³-hybridized carbons (Fsp3) is 0.500. The van der Waals surface area contributed by atoms with E-state index in [4.69, 9.17) is 10.5 Å². The molecule has 0 aliphatic heterocycles. The first-order valence-electron chi connectivity index (χ1n) is 7.41. The predicted molar refractivity (Wildman–Crippen MR) is 92.9 cm³/mol.